The zero-order valence-corrected chi connectivity index (χ0v) is 21.0. The predicted molar refractivity (Wildman–Crippen MR) is 134 cm³/mol. The van der Waals surface area contributed by atoms with Crippen LogP contribution in [0.25, 0.3) is 0 Å². The maximum absolute atomic E-state index is 13.0. The third-order valence-corrected chi connectivity index (χ3v) is 7.42. The van der Waals surface area contributed by atoms with E-state index in [0.29, 0.717) is 39.1 Å². The third kappa shape index (κ3) is 5.41. The maximum Gasteiger partial charge on any atom is 0.223 e. The van der Waals surface area contributed by atoms with Crippen molar-refractivity contribution in [3.05, 3.63) is 65.5 Å². The molecule has 1 fully saturated rings. The van der Waals surface area contributed by atoms with E-state index in [9.17, 15) is 9.59 Å². The molecular formula is C28H37N3O4. The molecule has 0 saturated carbocycles. The smallest absolute Gasteiger partial charge is 0.223 e. The normalized spacial score (nSPS) is 20.7. The van der Waals surface area contributed by atoms with Gasteiger partial charge in [-0.3, -0.25) is 14.6 Å². The average Bonchev–Trinajstić information content (AvgIpc) is 3.12. The first-order chi connectivity index (χ1) is 17.0. The van der Waals surface area contributed by atoms with Crippen molar-refractivity contribution in [2.75, 3.05) is 33.4 Å². The molecule has 188 valence electrons. The number of piperidine rings is 1. The molecule has 2 aromatic rings. The number of ether oxygens (including phenoxy) is 2. The van der Waals surface area contributed by atoms with Crippen LogP contribution in [-0.2, 0) is 30.9 Å². The number of aryl methyl sites for hydroxylation is 1. The summed E-state index contributed by atoms with van der Waals surface area (Å²) in [6.07, 6.45) is 4.26. The summed E-state index contributed by atoms with van der Waals surface area (Å²) < 4.78 is 11.7. The minimum absolute atomic E-state index is 0.0179. The lowest BCUT2D eigenvalue weighted by molar-refractivity contribution is -0.134. The van der Waals surface area contributed by atoms with Gasteiger partial charge in [0.25, 0.3) is 0 Å². The van der Waals surface area contributed by atoms with Gasteiger partial charge in [0.1, 0.15) is 0 Å². The van der Waals surface area contributed by atoms with Crippen molar-refractivity contribution in [1.29, 1.82) is 0 Å². The summed E-state index contributed by atoms with van der Waals surface area (Å²) in [6.45, 7) is 6.10. The Labute approximate surface area is 208 Å². The summed E-state index contributed by atoms with van der Waals surface area (Å²) in [4.78, 5) is 32.0. The summed E-state index contributed by atoms with van der Waals surface area (Å²) in [6, 6.07) is 13.9. The Hall–Kier alpha value is -2.77. The van der Waals surface area contributed by atoms with E-state index in [1.54, 1.807) is 13.3 Å². The van der Waals surface area contributed by atoms with Gasteiger partial charge in [-0.15, -0.1) is 0 Å². The quantitative estimate of drug-likeness (QED) is 0.558. The Bertz CT molecular complexity index is 1000. The Morgan fingerprint density at radius 2 is 1.86 bits per heavy atom. The minimum atomic E-state index is -0.253. The van der Waals surface area contributed by atoms with E-state index in [1.807, 2.05) is 43.0 Å². The second kappa shape index (κ2) is 11.3. The topological polar surface area (TPSA) is 80.8 Å². The van der Waals surface area contributed by atoms with Crippen molar-refractivity contribution in [3.8, 4) is 0 Å². The Morgan fingerprint density at radius 3 is 2.54 bits per heavy atom. The number of benzene rings is 1. The molecule has 7 nitrogen and oxygen atoms in total. The van der Waals surface area contributed by atoms with Crippen LogP contribution >= 0.6 is 0 Å². The third-order valence-electron chi connectivity index (χ3n) is 7.42. The molecule has 4 rings (SSSR count). The summed E-state index contributed by atoms with van der Waals surface area (Å²) in [5.41, 5.74) is 3.04. The number of nitrogens with zero attached hydrogens (tertiary/aromatic N) is 2. The van der Waals surface area contributed by atoms with E-state index >= 15 is 0 Å². The number of carbonyl (C=O) groups excluding carboxylic acids is 2. The first-order valence-corrected chi connectivity index (χ1v) is 12.6. The summed E-state index contributed by atoms with van der Waals surface area (Å²) >= 11 is 0. The summed E-state index contributed by atoms with van der Waals surface area (Å²) in [5.74, 6) is 0.0690. The fourth-order valence-electron chi connectivity index (χ4n) is 5.49. The van der Waals surface area contributed by atoms with Gasteiger partial charge in [0.05, 0.1) is 25.4 Å². The lowest BCUT2D eigenvalue weighted by Gasteiger charge is -2.44. The average molecular weight is 480 g/mol. The molecule has 1 aromatic carbocycles. The molecule has 2 aliphatic rings. The van der Waals surface area contributed by atoms with Crippen molar-refractivity contribution >= 4 is 11.8 Å². The number of methoxy groups -OCH3 is 1. The maximum atomic E-state index is 13.0. The lowest BCUT2D eigenvalue weighted by Crippen LogP contribution is -2.52. The van der Waals surface area contributed by atoms with Crippen LogP contribution in [0.5, 0.6) is 0 Å². The van der Waals surface area contributed by atoms with E-state index < -0.39 is 0 Å². The molecule has 0 radical (unpaired) electrons. The minimum Gasteiger partial charge on any atom is -0.382 e. The molecule has 1 aromatic heterocycles. The number of nitrogens with one attached hydrogen (secondary N) is 1. The molecule has 2 amide bonds. The van der Waals surface area contributed by atoms with E-state index in [4.69, 9.17) is 9.47 Å². The van der Waals surface area contributed by atoms with Crippen molar-refractivity contribution < 1.29 is 19.1 Å². The number of carbonyl (C=O) groups is 2. The molecule has 2 atom stereocenters. The van der Waals surface area contributed by atoms with Gasteiger partial charge in [-0.25, -0.2) is 0 Å². The van der Waals surface area contributed by atoms with E-state index in [-0.39, 0.29) is 35.3 Å². The molecule has 1 aliphatic heterocycles. The highest BCUT2D eigenvalue weighted by Crippen LogP contribution is 2.52. The van der Waals surface area contributed by atoms with Crippen molar-refractivity contribution in [2.45, 2.75) is 57.1 Å². The Morgan fingerprint density at radius 1 is 1.11 bits per heavy atom. The number of fused-ring (bicyclic) bond motifs is 2. The van der Waals surface area contributed by atoms with E-state index in [0.717, 1.165) is 24.1 Å². The molecule has 0 bridgehead atoms. The number of hydrogen-bond acceptors (Lipinski definition) is 5. The Kier molecular flexibility index (Phi) is 8.19. The standard InChI is InChI=1S/C28H37N3O4/c1-20(2)27(33)30-25-22-9-4-5-10-23(22)28(26(25)35-19-18-34-3)13-16-31(17-14-28)24(32)12-11-21-8-6-7-15-29-21/h4-10,15,20,25-26H,11-14,16-19H2,1-3H3,(H,30,33)/t25-,26+/m1/s1. The van der Waals surface area contributed by atoms with E-state index in [2.05, 4.69) is 28.5 Å². The second-order valence-corrected chi connectivity index (χ2v) is 9.87. The van der Waals surface area contributed by atoms with Crippen LogP contribution in [0.1, 0.15) is 56.0 Å². The van der Waals surface area contributed by atoms with Crippen LogP contribution in [0.4, 0.5) is 0 Å². The van der Waals surface area contributed by atoms with Gasteiger partial charge >= 0.3 is 0 Å². The summed E-state index contributed by atoms with van der Waals surface area (Å²) in [7, 11) is 1.66. The number of pyridine rings is 1. The highest BCUT2D eigenvalue weighted by atomic mass is 16.5. The van der Waals surface area contributed by atoms with Crippen LogP contribution < -0.4 is 5.32 Å². The Balaban J connectivity index is 1.52. The van der Waals surface area contributed by atoms with Gasteiger partial charge < -0.3 is 19.7 Å². The lowest BCUT2D eigenvalue weighted by atomic mass is 9.71. The second-order valence-electron chi connectivity index (χ2n) is 9.87. The van der Waals surface area contributed by atoms with Crippen molar-refractivity contribution in [1.82, 2.24) is 15.2 Å². The SMILES string of the molecule is COCCO[C@H]1[C@H](NC(=O)C(C)C)c2ccccc2C12CCN(C(=O)CCc1ccccn1)CC2. The van der Waals surface area contributed by atoms with Crippen molar-refractivity contribution in [2.24, 2.45) is 5.92 Å². The van der Waals surface area contributed by atoms with Crippen LogP contribution in [0.2, 0.25) is 0 Å². The molecule has 2 heterocycles. The number of amides is 2. The first kappa shape index (κ1) is 25.3. The largest absolute Gasteiger partial charge is 0.382 e. The number of likely N-dealkylation sites (tertiary alicyclic amines) is 1. The zero-order valence-electron chi connectivity index (χ0n) is 21.0. The predicted octanol–water partition coefficient (Wildman–Crippen LogP) is 3.43. The highest BCUT2D eigenvalue weighted by molar-refractivity contribution is 5.79. The molecule has 1 aliphatic carbocycles. The number of aromatic nitrogens is 1. The molecular weight excluding hydrogens is 442 g/mol. The van der Waals surface area contributed by atoms with Gasteiger partial charge in [0, 0.05) is 49.8 Å². The molecule has 7 heteroatoms. The number of rotatable bonds is 9. The van der Waals surface area contributed by atoms with E-state index in [1.165, 1.54) is 5.56 Å². The van der Waals surface area contributed by atoms with Crippen LogP contribution in [-0.4, -0.2) is 61.2 Å². The van der Waals surface area contributed by atoms with Gasteiger partial charge in [-0.2, -0.15) is 0 Å². The molecule has 0 unspecified atom stereocenters. The fourth-order valence-corrected chi connectivity index (χ4v) is 5.49. The van der Waals surface area contributed by atoms with Gasteiger partial charge in [-0.05, 0) is 42.5 Å². The van der Waals surface area contributed by atoms with Crippen LogP contribution in [0.15, 0.2) is 48.7 Å². The molecule has 1 N–H and O–H groups in total. The monoisotopic (exact) mass is 479 g/mol. The van der Waals surface area contributed by atoms with Crippen LogP contribution in [0, 0.1) is 5.92 Å². The zero-order chi connectivity index (χ0) is 24.8. The van der Waals surface area contributed by atoms with Crippen LogP contribution in [0.3, 0.4) is 0 Å². The molecule has 1 spiro atoms. The highest BCUT2D eigenvalue weighted by Gasteiger charge is 2.54. The molecule has 35 heavy (non-hydrogen) atoms. The van der Waals surface area contributed by atoms with Crippen molar-refractivity contribution in [3.63, 3.8) is 0 Å². The fraction of sp³-hybridized carbons (Fsp3) is 0.536. The van der Waals surface area contributed by atoms with Gasteiger partial charge in [0.15, 0.2) is 0 Å². The summed E-state index contributed by atoms with van der Waals surface area (Å²) in [5, 5.41) is 3.26. The van der Waals surface area contributed by atoms with Gasteiger partial charge in [-0.1, -0.05) is 44.2 Å². The number of hydrogen-bond donors (Lipinski definition) is 1. The molecule has 1 saturated heterocycles. The van der Waals surface area contributed by atoms with Gasteiger partial charge in [0.2, 0.25) is 11.8 Å². The first-order valence-electron chi connectivity index (χ1n) is 12.6.